The van der Waals surface area contributed by atoms with Crippen LogP contribution in [0.25, 0.3) is 21.9 Å². The Labute approximate surface area is 307 Å². The van der Waals surface area contributed by atoms with Gasteiger partial charge in [0.15, 0.2) is 6.61 Å². The van der Waals surface area contributed by atoms with E-state index in [9.17, 15) is 19.2 Å². The van der Waals surface area contributed by atoms with E-state index in [1.807, 2.05) is 79.7 Å². The summed E-state index contributed by atoms with van der Waals surface area (Å²) in [6.45, 7) is 6.28. The SMILES string of the molecule is CC(NC(=O)C(C)(Cc1cn(C(=O)c2ccccc2COC(=O)C(C)(C)N)c2ccccc12)NC(=O)OCc1cc2ccccc2o1)c1ccccc1. The number of alkyl carbamates (subject to hydrolysis) is 1. The summed E-state index contributed by atoms with van der Waals surface area (Å²) in [7, 11) is 0. The van der Waals surface area contributed by atoms with E-state index in [1.165, 1.54) is 4.57 Å². The molecule has 0 saturated heterocycles. The van der Waals surface area contributed by atoms with Crippen LogP contribution in [0.15, 0.2) is 120 Å². The third-order valence-electron chi connectivity index (χ3n) is 9.04. The summed E-state index contributed by atoms with van der Waals surface area (Å²) in [4.78, 5) is 54.2. The molecule has 11 heteroatoms. The zero-order chi connectivity index (χ0) is 37.8. The first kappa shape index (κ1) is 36.6. The smallest absolute Gasteiger partial charge is 0.408 e. The van der Waals surface area contributed by atoms with Crippen LogP contribution < -0.4 is 16.4 Å². The third kappa shape index (κ3) is 8.31. The molecule has 0 aliphatic heterocycles. The molecule has 0 aliphatic rings. The van der Waals surface area contributed by atoms with Gasteiger partial charge >= 0.3 is 12.1 Å². The molecule has 0 spiro atoms. The number of ether oxygens (including phenoxy) is 2. The van der Waals surface area contributed by atoms with Crippen LogP contribution in [0.3, 0.4) is 0 Å². The lowest BCUT2D eigenvalue weighted by Crippen LogP contribution is -2.58. The van der Waals surface area contributed by atoms with Crippen LogP contribution >= 0.6 is 0 Å². The lowest BCUT2D eigenvalue weighted by molar-refractivity contribution is -0.150. The number of para-hydroxylation sites is 2. The summed E-state index contributed by atoms with van der Waals surface area (Å²) in [5.74, 6) is -0.967. The van der Waals surface area contributed by atoms with Gasteiger partial charge in [0.1, 0.15) is 29.0 Å². The number of benzene rings is 4. The molecule has 6 rings (SSSR count). The predicted octanol–water partition coefficient (Wildman–Crippen LogP) is 6.96. The Balaban J connectivity index is 1.29. The van der Waals surface area contributed by atoms with Gasteiger partial charge in [-0.05, 0) is 63.1 Å². The molecular weight excluding hydrogens is 672 g/mol. The minimum atomic E-state index is -1.53. The number of nitrogens with one attached hydrogen (secondary N) is 2. The maximum absolute atomic E-state index is 14.2. The number of aromatic nitrogens is 1. The molecule has 0 saturated carbocycles. The van der Waals surface area contributed by atoms with Crippen molar-refractivity contribution in [3.05, 3.63) is 143 Å². The van der Waals surface area contributed by atoms with E-state index in [4.69, 9.17) is 19.6 Å². The molecule has 2 aromatic heterocycles. The van der Waals surface area contributed by atoms with Gasteiger partial charge in [-0.15, -0.1) is 0 Å². The Morgan fingerprint density at radius 1 is 0.811 bits per heavy atom. The summed E-state index contributed by atoms with van der Waals surface area (Å²) in [5.41, 5.74) is 6.77. The number of hydrogen-bond acceptors (Lipinski definition) is 8. The highest BCUT2D eigenvalue weighted by Gasteiger charge is 2.38. The average molecular weight is 715 g/mol. The van der Waals surface area contributed by atoms with Crippen LogP contribution in [0.5, 0.6) is 0 Å². The van der Waals surface area contributed by atoms with Crippen LogP contribution in [0.1, 0.15) is 66.5 Å². The molecule has 2 amide bonds. The summed E-state index contributed by atoms with van der Waals surface area (Å²) >= 11 is 0. The number of carbonyl (C=O) groups is 4. The monoisotopic (exact) mass is 714 g/mol. The second-order valence-electron chi connectivity index (χ2n) is 13.9. The van der Waals surface area contributed by atoms with Crippen LogP contribution in [0.4, 0.5) is 4.79 Å². The van der Waals surface area contributed by atoms with Crippen LogP contribution in [-0.4, -0.2) is 39.5 Å². The van der Waals surface area contributed by atoms with Gasteiger partial charge in [0.2, 0.25) is 5.91 Å². The van der Waals surface area contributed by atoms with E-state index in [0.717, 1.165) is 10.9 Å². The first-order valence-electron chi connectivity index (χ1n) is 17.3. The zero-order valence-corrected chi connectivity index (χ0v) is 30.1. The molecule has 4 aromatic carbocycles. The molecule has 2 unspecified atom stereocenters. The Kier molecular flexibility index (Phi) is 10.5. The molecule has 2 heterocycles. The molecular formula is C42H42N4O7. The van der Waals surface area contributed by atoms with E-state index in [2.05, 4.69) is 10.6 Å². The molecule has 0 fully saturated rings. The minimum absolute atomic E-state index is 0.00567. The van der Waals surface area contributed by atoms with Crippen molar-refractivity contribution in [3.8, 4) is 0 Å². The van der Waals surface area contributed by atoms with Crippen molar-refractivity contribution in [2.24, 2.45) is 5.73 Å². The van der Waals surface area contributed by atoms with Crippen molar-refractivity contribution < 1.29 is 33.1 Å². The van der Waals surface area contributed by atoms with Gasteiger partial charge < -0.3 is 30.3 Å². The maximum Gasteiger partial charge on any atom is 0.408 e. The van der Waals surface area contributed by atoms with Gasteiger partial charge in [-0.25, -0.2) is 4.79 Å². The van der Waals surface area contributed by atoms with E-state index in [0.29, 0.717) is 38.9 Å². The quantitative estimate of drug-likeness (QED) is 0.115. The van der Waals surface area contributed by atoms with Gasteiger partial charge in [0, 0.05) is 34.5 Å². The fourth-order valence-corrected chi connectivity index (χ4v) is 6.12. The van der Waals surface area contributed by atoms with Crippen LogP contribution in [0.2, 0.25) is 0 Å². The number of hydrogen-bond donors (Lipinski definition) is 3. The lowest BCUT2D eigenvalue weighted by Gasteiger charge is -2.30. The first-order chi connectivity index (χ1) is 25.3. The van der Waals surface area contributed by atoms with Gasteiger partial charge in [-0.2, -0.15) is 0 Å². The fourth-order valence-electron chi connectivity index (χ4n) is 6.12. The molecule has 11 nitrogen and oxygen atoms in total. The number of rotatable bonds is 12. The van der Waals surface area contributed by atoms with E-state index in [1.54, 1.807) is 63.4 Å². The Hall–Kier alpha value is -6.20. The fraction of sp³-hybridized carbons (Fsp3) is 0.238. The molecule has 4 N–H and O–H groups in total. The highest BCUT2D eigenvalue weighted by atomic mass is 16.6. The predicted molar refractivity (Wildman–Crippen MR) is 201 cm³/mol. The van der Waals surface area contributed by atoms with E-state index in [-0.39, 0.29) is 31.6 Å². The molecule has 0 radical (unpaired) electrons. The maximum atomic E-state index is 14.2. The van der Waals surface area contributed by atoms with Crippen LogP contribution in [0, 0.1) is 0 Å². The number of carbonyl (C=O) groups excluding carboxylic acids is 4. The summed E-state index contributed by atoms with van der Waals surface area (Å²) < 4.78 is 18.3. The van der Waals surface area contributed by atoms with E-state index >= 15 is 0 Å². The number of amides is 2. The number of fused-ring (bicyclic) bond motifs is 2. The molecule has 0 aliphatic carbocycles. The Bertz CT molecular complexity index is 2250. The molecule has 6 aromatic rings. The second kappa shape index (κ2) is 15.2. The topological polar surface area (TPSA) is 155 Å². The van der Waals surface area contributed by atoms with Gasteiger partial charge in [-0.3, -0.25) is 19.0 Å². The first-order valence-corrected chi connectivity index (χ1v) is 17.3. The van der Waals surface area contributed by atoms with Crippen molar-refractivity contribution >= 4 is 45.7 Å². The largest absolute Gasteiger partial charge is 0.459 e. The van der Waals surface area contributed by atoms with Gasteiger partial charge in [0.05, 0.1) is 11.6 Å². The molecule has 53 heavy (non-hydrogen) atoms. The summed E-state index contributed by atoms with van der Waals surface area (Å²) in [6, 6.07) is 32.5. The average Bonchev–Trinajstić information content (AvgIpc) is 3.74. The standard InChI is InChI=1S/C42H42N4O7/c1-27(28-14-6-5-7-15-28)44-38(48)42(4,45-40(50)52-26-32-22-29-16-9-13-21-36(29)53-32)23-31-24-46(35-20-12-11-18-33(31)35)37(47)34-19-10-8-17-30(34)25-51-39(49)41(2,3)43/h5-22,24,27H,23,25-26,43H2,1-4H3,(H,44,48)(H,45,50). The normalized spacial score (nSPS) is 13.2. The minimum Gasteiger partial charge on any atom is -0.459 e. The number of nitrogens with two attached hydrogens (primary N) is 1. The third-order valence-corrected chi connectivity index (χ3v) is 9.04. The van der Waals surface area contributed by atoms with E-state index < -0.39 is 29.0 Å². The number of esters is 1. The van der Waals surface area contributed by atoms with Crippen molar-refractivity contribution in [2.45, 2.75) is 64.4 Å². The highest BCUT2D eigenvalue weighted by Crippen LogP contribution is 2.28. The van der Waals surface area contributed by atoms with Crippen molar-refractivity contribution in [1.82, 2.24) is 15.2 Å². The molecule has 0 bridgehead atoms. The number of furan rings is 1. The van der Waals surface area contributed by atoms with Gasteiger partial charge in [-0.1, -0.05) is 84.9 Å². The number of nitrogens with zero attached hydrogens (tertiary/aromatic N) is 1. The second-order valence-corrected chi connectivity index (χ2v) is 13.9. The van der Waals surface area contributed by atoms with Crippen molar-refractivity contribution in [3.63, 3.8) is 0 Å². The Morgan fingerprint density at radius 2 is 1.49 bits per heavy atom. The lowest BCUT2D eigenvalue weighted by atomic mass is 9.91. The molecule has 272 valence electrons. The zero-order valence-electron chi connectivity index (χ0n) is 30.1. The summed E-state index contributed by atoms with van der Waals surface area (Å²) in [5, 5.41) is 7.45. The summed E-state index contributed by atoms with van der Waals surface area (Å²) in [6.07, 6.45) is 0.859. The van der Waals surface area contributed by atoms with Gasteiger partial charge in [0.25, 0.3) is 5.91 Å². The van der Waals surface area contributed by atoms with Crippen molar-refractivity contribution in [1.29, 1.82) is 0 Å². The van der Waals surface area contributed by atoms with Crippen molar-refractivity contribution in [2.75, 3.05) is 0 Å². The van der Waals surface area contributed by atoms with Crippen LogP contribution in [-0.2, 0) is 38.7 Å². The Morgan fingerprint density at radius 3 is 2.25 bits per heavy atom. The molecule has 2 atom stereocenters. The highest BCUT2D eigenvalue weighted by molar-refractivity contribution is 6.04.